The lowest BCUT2D eigenvalue weighted by Gasteiger charge is -2.28. The molecule has 0 aliphatic heterocycles. The molecule has 0 spiro atoms. The van der Waals surface area contributed by atoms with E-state index in [1.807, 2.05) is 30.8 Å². The predicted octanol–water partition coefficient (Wildman–Crippen LogP) is 3.32. The topological polar surface area (TPSA) is 44.1 Å². The summed E-state index contributed by atoms with van der Waals surface area (Å²) in [7, 11) is 1.63. The lowest BCUT2D eigenvalue weighted by molar-refractivity contribution is -0.141. The van der Waals surface area contributed by atoms with Crippen LogP contribution in [0.3, 0.4) is 0 Å². The van der Waals surface area contributed by atoms with Gasteiger partial charge in [-0.25, -0.2) is 0 Å². The van der Waals surface area contributed by atoms with E-state index >= 15 is 0 Å². The van der Waals surface area contributed by atoms with Crippen molar-refractivity contribution in [1.82, 2.24) is 9.78 Å². The number of rotatable bonds is 7. The molecule has 0 saturated heterocycles. The summed E-state index contributed by atoms with van der Waals surface area (Å²) in [5.74, 6) is 0.140. The van der Waals surface area contributed by atoms with Crippen molar-refractivity contribution in [2.24, 2.45) is 0 Å². The Morgan fingerprint density at radius 3 is 2.60 bits per heavy atom. The summed E-state index contributed by atoms with van der Waals surface area (Å²) in [6, 6.07) is 2.51. The highest BCUT2D eigenvalue weighted by atomic mass is 16.5. The van der Waals surface area contributed by atoms with Crippen LogP contribution in [0.25, 0.3) is 0 Å². The van der Waals surface area contributed by atoms with Gasteiger partial charge in [0.05, 0.1) is 18.2 Å². The molecule has 1 fully saturated rings. The summed E-state index contributed by atoms with van der Waals surface area (Å²) >= 11 is 0. The third kappa shape index (κ3) is 2.95. The van der Waals surface area contributed by atoms with E-state index < -0.39 is 5.60 Å². The molecule has 0 amide bonds. The first-order valence-corrected chi connectivity index (χ1v) is 7.77. The molecule has 1 aromatic rings. The highest BCUT2D eigenvalue weighted by Gasteiger charge is 2.34. The number of carbonyl (C=O) groups excluding carboxylic acids is 1. The second-order valence-electron chi connectivity index (χ2n) is 5.73. The second-order valence-corrected chi connectivity index (χ2v) is 5.73. The van der Waals surface area contributed by atoms with Gasteiger partial charge < -0.3 is 4.74 Å². The van der Waals surface area contributed by atoms with Crippen LogP contribution in [-0.4, -0.2) is 28.3 Å². The van der Waals surface area contributed by atoms with Crippen molar-refractivity contribution in [2.45, 2.75) is 70.4 Å². The van der Waals surface area contributed by atoms with Crippen molar-refractivity contribution < 1.29 is 9.53 Å². The van der Waals surface area contributed by atoms with Gasteiger partial charge in [-0.2, -0.15) is 5.10 Å². The van der Waals surface area contributed by atoms with Crippen LogP contribution in [-0.2, 0) is 16.0 Å². The van der Waals surface area contributed by atoms with Gasteiger partial charge in [-0.15, -0.1) is 0 Å². The van der Waals surface area contributed by atoms with Crippen LogP contribution in [0.2, 0.25) is 0 Å². The lowest BCUT2D eigenvalue weighted by atomic mass is 9.89. The Morgan fingerprint density at radius 1 is 1.40 bits per heavy atom. The standard InChI is InChI=1S/C16H26N2O2/c1-4-16(5-2,20-3)15(19)12-13-10-11-18(17-13)14-8-6-7-9-14/h10-11,14H,4-9,12H2,1-3H3. The number of nitrogens with zero attached hydrogens (tertiary/aromatic N) is 2. The Hall–Kier alpha value is -1.16. The fraction of sp³-hybridized carbons (Fsp3) is 0.750. The van der Waals surface area contributed by atoms with E-state index in [9.17, 15) is 4.79 Å². The number of Topliss-reactive ketones (excluding diaryl/α,β-unsaturated/α-hetero) is 1. The van der Waals surface area contributed by atoms with Gasteiger partial charge in [0, 0.05) is 13.3 Å². The monoisotopic (exact) mass is 278 g/mol. The van der Waals surface area contributed by atoms with Crippen LogP contribution in [0.1, 0.15) is 64.1 Å². The van der Waals surface area contributed by atoms with E-state index in [-0.39, 0.29) is 5.78 Å². The third-order valence-electron chi connectivity index (χ3n) is 4.75. The van der Waals surface area contributed by atoms with Crippen molar-refractivity contribution in [3.63, 3.8) is 0 Å². The average Bonchev–Trinajstić information content (AvgIpc) is 3.11. The first kappa shape index (κ1) is 15.2. The fourth-order valence-electron chi connectivity index (χ4n) is 3.22. The largest absolute Gasteiger partial charge is 0.370 e. The molecule has 0 aromatic carbocycles. The minimum atomic E-state index is -0.642. The van der Waals surface area contributed by atoms with E-state index in [1.165, 1.54) is 25.7 Å². The maximum atomic E-state index is 12.5. The Labute approximate surface area is 121 Å². The Morgan fingerprint density at radius 2 is 2.05 bits per heavy atom. The van der Waals surface area contributed by atoms with Gasteiger partial charge in [0.1, 0.15) is 5.60 Å². The van der Waals surface area contributed by atoms with E-state index in [0.29, 0.717) is 25.3 Å². The average molecular weight is 278 g/mol. The maximum Gasteiger partial charge on any atom is 0.170 e. The minimum Gasteiger partial charge on any atom is -0.370 e. The molecule has 4 nitrogen and oxygen atoms in total. The molecule has 1 aromatic heterocycles. The number of hydrogen-bond acceptors (Lipinski definition) is 3. The van der Waals surface area contributed by atoms with E-state index in [0.717, 1.165) is 5.69 Å². The number of ether oxygens (including phenoxy) is 1. The fourth-order valence-corrected chi connectivity index (χ4v) is 3.22. The summed E-state index contributed by atoms with van der Waals surface area (Å²) in [5.41, 5.74) is 0.224. The number of carbonyl (C=O) groups is 1. The van der Waals surface area contributed by atoms with Crippen molar-refractivity contribution >= 4 is 5.78 Å². The van der Waals surface area contributed by atoms with Crippen LogP contribution >= 0.6 is 0 Å². The molecule has 1 aliphatic carbocycles. The Bertz CT molecular complexity index is 435. The minimum absolute atomic E-state index is 0.140. The molecule has 4 heteroatoms. The molecule has 0 N–H and O–H groups in total. The summed E-state index contributed by atoms with van der Waals surface area (Å²) in [5, 5.41) is 4.59. The van der Waals surface area contributed by atoms with Crippen LogP contribution < -0.4 is 0 Å². The molecule has 0 radical (unpaired) electrons. The summed E-state index contributed by atoms with van der Waals surface area (Å²) in [4.78, 5) is 12.5. The summed E-state index contributed by atoms with van der Waals surface area (Å²) in [6.45, 7) is 4.00. The lowest BCUT2D eigenvalue weighted by Crippen LogP contribution is -2.40. The SMILES string of the molecule is CCC(CC)(OC)C(=O)Cc1ccn(C2CCCC2)n1. The zero-order chi connectivity index (χ0) is 14.6. The summed E-state index contributed by atoms with van der Waals surface area (Å²) < 4.78 is 7.54. The van der Waals surface area contributed by atoms with Crippen LogP contribution in [0.4, 0.5) is 0 Å². The second kappa shape index (κ2) is 6.53. The molecule has 112 valence electrons. The zero-order valence-electron chi connectivity index (χ0n) is 12.9. The molecule has 0 bridgehead atoms. The molecule has 0 unspecified atom stereocenters. The van der Waals surface area contributed by atoms with Crippen LogP contribution in [0.5, 0.6) is 0 Å². The van der Waals surface area contributed by atoms with Crippen LogP contribution in [0.15, 0.2) is 12.3 Å². The van der Waals surface area contributed by atoms with Crippen molar-refractivity contribution in [3.05, 3.63) is 18.0 Å². The van der Waals surface area contributed by atoms with E-state index in [4.69, 9.17) is 4.74 Å². The molecule has 1 heterocycles. The number of hydrogen-bond donors (Lipinski definition) is 0. The van der Waals surface area contributed by atoms with Crippen molar-refractivity contribution in [3.8, 4) is 0 Å². The highest BCUT2D eigenvalue weighted by Crippen LogP contribution is 2.29. The normalized spacial score (nSPS) is 16.8. The van der Waals surface area contributed by atoms with Gasteiger partial charge in [-0.1, -0.05) is 26.7 Å². The summed E-state index contributed by atoms with van der Waals surface area (Å²) in [6.07, 6.45) is 8.81. The highest BCUT2D eigenvalue weighted by molar-refractivity contribution is 5.88. The first-order valence-electron chi connectivity index (χ1n) is 7.77. The molecule has 20 heavy (non-hydrogen) atoms. The molecule has 1 aliphatic rings. The van der Waals surface area contributed by atoms with Gasteiger partial charge in [0.25, 0.3) is 0 Å². The molecule has 1 saturated carbocycles. The number of ketones is 1. The van der Waals surface area contributed by atoms with Crippen molar-refractivity contribution in [1.29, 1.82) is 0 Å². The van der Waals surface area contributed by atoms with Gasteiger partial charge in [-0.3, -0.25) is 9.48 Å². The third-order valence-corrected chi connectivity index (χ3v) is 4.75. The zero-order valence-corrected chi connectivity index (χ0v) is 12.9. The number of aromatic nitrogens is 2. The molecular weight excluding hydrogens is 252 g/mol. The Balaban J connectivity index is 2.04. The predicted molar refractivity (Wildman–Crippen MR) is 78.8 cm³/mol. The molecule has 0 atom stereocenters. The molecule has 2 rings (SSSR count). The maximum absolute atomic E-state index is 12.5. The van der Waals surface area contributed by atoms with Crippen LogP contribution in [0, 0.1) is 0 Å². The Kier molecular flexibility index (Phi) is 4.97. The van der Waals surface area contributed by atoms with Crippen molar-refractivity contribution in [2.75, 3.05) is 7.11 Å². The number of methoxy groups -OCH3 is 1. The first-order chi connectivity index (χ1) is 9.65. The van der Waals surface area contributed by atoms with Gasteiger partial charge in [0.2, 0.25) is 0 Å². The van der Waals surface area contributed by atoms with E-state index in [2.05, 4.69) is 5.10 Å². The smallest absolute Gasteiger partial charge is 0.170 e. The van der Waals surface area contributed by atoms with E-state index in [1.54, 1.807) is 7.11 Å². The van der Waals surface area contributed by atoms with Gasteiger partial charge in [-0.05, 0) is 31.7 Å². The van der Waals surface area contributed by atoms with Gasteiger partial charge >= 0.3 is 0 Å². The van der Waals surface area contributed by atoms with Gasteiger partial charge in [0.15, 0.2) is 5.78 Å². The quantitative estimate of drug-likeness (QED) is 0.768. The molecular formula is C16H26N2O2.